The van der Waals surface area contributed by atoms with E-state index in [0.29, 0.717) is 5.56 Å². The van der Waals surface area contributed by atoms with Crippen molar-refractivity contribution in [1.29, 1.82) is 0 Å². The highest BCUT2D eigenvalue weighted by molar-refractivity contribution is 6.07. The molecule has 0 aliphatic carbocycles. The van der Waals surface area contributed by atoms with Crippen LogP contribution in [0.5, 0.6) is 0 Å². The molecular weight excluding hydrogens is 226 g/mol. The molecule has 0 atom stereocenters. The molecule has 1 aromatic heterocycles. The smallest absolute Gasteiger partial charge is 0.261 e. The van der Waals surface area contributed by atoms with Crippen LogP contribution in [-0.4, -0.2) is 23.2 Å². The predicted molar refractivity (Wildman–Crippen MR) is 72.0 cm³/mol. The molecule has 1 amide bonds. The second-order valence-electron chi connectivity index (χ2n) is 4.51. The van der Waals surface area contributed by atoms with Crippen LogP contribution in [0.15, 0.2) is 24.3 Å². The van der Waals surface area contributed by atoms with Gasteiger partial charge >= 0.3 is 0 Å². The Hall–Kier alpha value is -2.10. The van der Waals surface area contributed by atoms with Gasteiger partial charge in [0.15, 0.2) is 0 Å². The van der Waals surface area contributed by atoms with Gasteiger partial charge in [-0.3, -0.25) is 9.89 Å². The third-order valence-corrected chi connectivity index (χ3v) is 3.04. The summed E-state index contributed by atoms with van der Waals surface area (Å²) in [5.41, 5.74) is 4.21. The number of carbonyl (C=O) groups is 1. The number of aryl methyl sites for hydroxylation is 3. The molecule has 1 N–H and O–H groups in total. The monoisotopic (exact) mass is 243 g/mol. The number of nitrogens with zero attached hydrogens (tertiary/aromatic N) is 2. The Morgan fingerprint density at radius 2 is 2.00 bits per heavy atom. The molecule has 4 nitrogen and oxygen atoms in total. The van der Waals surface area contributed by atoms with Crippen LogP contribution >= 0.6 is 0 Å². The minimum atomic E-state index is -0.0376. The highest BCUT2D eigenvalue weighted by Gasteiger charge is 2.20. The van der Waals surface area contributed by atoms with Crippen molar-refractivity contribution in [2.75, 3.05) is 11.9 Å². The van der Waals surface area contributed by atoms with E-state index in [1.165, 1.54) is 0 Å². The van der Waals surface area contributed by atoms with Gasteiger partial charge in [0.2, 0.25) is 0 Å². The van der Waals surface area contributed by atoms with E-state index in [9.17, 15) is 4.79 Å². The number of hydrogen-bond acceptors (Lipinski definition) is 2. The zero-order chi connectivity index (χ0) is 13.3. The second-order valence-corrected chi connectivity index (χ2v) is 4.51. The summed E-state index contributed by atoms with van der Waals surface area (Å²) in [7, 11) is 1.78. The van der Waals surface area contributed by atoms with Crippen molar-refractivity contribution in [2.45, 2.75) is 20.8 Å². The summed E-state index contributed by atoms with van der Waals surface area (Å²) in [5.74, 6) is -0.0376. The van der Waals surface area contributed by atoms with Crippen LogP contribution in [0.25, 0.3) is 0 Å². The van der Waals surface area contributed by atoms with E-state index >= 15 is 0 Å². The van der Waals surface area contributed by atoms with E-state index in [4.69, 9.17) is 0 Å². The number of benzene rings is 1. The quantitative estimate of drug-likeness (QED) is 0.881. The number of rotatable bonds is 2. The van der Waals surface area contributed by atoms with Crippen molar-refractivity contribution >= 4 is 11.6 Å². The molecular formula is C14H17N3O. The molecule has 0 aliphatic heterocycles. The molecule has 18 heavy (non-hydrogen) atoms. The number of anilines is 1. The first kappa shape index (κ1) is 12.4. The molecule has 0 spiro atoms. The molecule has 1 aromatic carbocycles. The molecule has 0 saturated carbocycles. The fourth-order valence-electron chi connectivity index (χ4n) is 1.99. The summed E-state index contributed by atoms with van der Waals surface area (Å²) in [5, 5.41) is 6.90. The zero-order valence-electron chi connectivity index (χ0n) is 11.1. The summed E-state index contributed by atoms with van der Waals surface area (Å²) >= 11 is 0. The minimum Gasteiger partial charge on any atom is -0.311 e. The van der Waals surface area contributed by atoms with Gasteiger partial charge in [0.05, 0.1) is 11.3 Å². The lowest BCUT2D eigenvalue weighted by molar-refractivity contribution is 0.0992. The zero-order valence-corrected chi connectivity index (χ0v) is 11.1. The maximum atomic E-state index is 12.4. The Bertz CT molecular complexity index is 567. The summed E-state index contributed by atoms with van der Waals surface area (Å²) < 4.78 is 0. The summed E-state index contributed by atoms with van der Waals surface area (Å²) in [6.45, 7) is 5.70. The Balaban J connectivity index is 2.35. The van der Waals surface area contributed by atoms with Crippen LogP contribution in [0.3, 0.4) is 0 Å². The van der Waals surface area contributed by atoms with Crippen LogP contribution in [0.4, 0.5) is 5.69 Å². The van der Waals surface area contributed by atoms with Crippen LogP contribution < -0.4 is 4.90 Å². The van der Waals surface area contributed by atoms with Crippen molar-refractivity contribution in [3.05, 3.63) is 46.8 Å². The molecule has 4 heteroatoms. The predicted octanol–water partition coefficient (Wildman–Crippen LogP) is 2.61. The van der Waals surface area contributed by atoms with E-state index in [0.717, 1.165) is 22.6 Å². The molecule has 0 saturated heterocycles. The van der Waals surface area contributed by atoms with E-state index in [1.807, 2.05) is 45.0 Å². The lowest BCUT2D eigenvalue weighted by atomic mass is 10.1. The molecule has 0 aliphatic rings. The maximum Gasteiger partial charge on any atom is 0.261 e. The molecule has 94 valence electrons. The van der Waals surface area contributed by atoms with Crippen LogP contribution in [0.1, 0.15) is 27.3 Å². The van der Waals surface area contributed by atoms with E-state index < -0.39 is 0 Å². The van der Waals surface area contributed by atoms with Gasteiger partial charge < -0.3 is 4.90 Å². The van der Waals surface area contributed by atoms with E-state index in [1.54, 1.807) is 11.9 Å². The summed E-state index contributed by atoms with van der Waals surface area (Å²) in [6.07, 6.45) is 0. The first-order chi connectivity index (χ1) is 8.50. The first-order valence-electron chi connectivity index (χ1n) is 5.87. The number of aromatic amines is 1. The van der Waals surface area contributed by atoms with Gasteiger partial charge in [0, 0.05) is 18.4 Å². The van der Waals surface area contributed by atoms with Crippen molar-refractivity contribution in [3.8, 4) is 0 Å². The third-order valence-electron chi connectivity index (χ3n) is 3.04. The molecule has 0 bridgehead atoms. The maximum absolute atomic E-state index is 12.4. The fraction of sp³-hybridized carbons (Fsp3) is 0.286. The molecule has 0 radical (unpaired) electrons. The van der Waals surface area contributed by atoms with Crippen LogP contribution in [0, 0.1) is 20.8 Å². The summed E-state index contributed by atoms with van der Waals surface area (Å²) in [4.78, 5) is 14.1. The molecule has 1 heterocycles. The van der Waals surface area contributed by atoms with Gasteiger partial charge in [0.1, 0.15) is 0 Å². The highest BCUT2D eigenvalue weighted by atomic mass is 16.2. The number of H-pyrrole nitrogens is 1. The van der Waals surface area contributed by atoms with Gasteiger partial charge in [-0.15, -0.1) is 0 Å². The van der Waals surface area contributed by atoms with Crippen molar-refractivity contribution in [1.82, 2.24) is 10.2 Å². The third kappa shape index (κ3) is 2.14. The minimum absolute atomic E-state index is 0.0376. The van der Waals surface area contributed by atoms with Crippen LogP contribution in [0.2, 0.25) is 0 Å². The second kappa shape index (κ2) is 4.64. The Morgan fingerprint density at radius 1 is 1.28 bits per heavy atom. The lowest BCUT2D eigenvalue weighted by Crippen LogP contribution is -2.27. The fourth-order valence-corrected chi connectivity index (χ4v) is 1.99. The Labute approximate surface area is 107 Å². The van der Waals surface area contributed by atoms with Gasteiger partial charge in [-0.25, -0.2) is 0 Å². The van der Waals surface area contributed by atoms with Crippen LogP contribution in [-0.2, 0) is 0 Å². The topological polar surface area (TPSA) is 49.0 Å². The number of aromatic nitrogens is 2. The summed E-state index contributed by atoms with van der Waals surface area (Å²) in [6, 6.07) is 7.87. The van der Waals surface area contributed by atoms with Gasteiger partial charge in [0.25, 0.3) is 5.91 Å². The SMILES string of the molecule is Cc1cccc(N(C)C(=O)c2c(C)n[nH]c2C)c1. The molecule has 0 fully saturated rings. The van der Waals surface area contributed by atoms with Crippen molar-refractivity contribution < 1.29 is 4.79 Å². The average Bonchev–Trinajstić information content (AvgIpc) is 2.67. The average molecular weight is 243 g/mol. The van der Waals surface area contributed by atoms with Gasteiger partial charge in [-0.1, -0.05) is 12.1 Å². The van der Waals surface area contributed by atoms with Gasteiger partial charge in [-0.05, 0) is 38.5 Å². The number of hydrogen-bond donors (Lipinski definition) is 1. The first-order valence-corrected chi connectivity index (χ1v) is 5.87. The number of amides is 1. The normalized spacial score (nSPS) is 10.4. The number of nitrogens with one attached hydrogen (secondary N) is 1. The largest absolute Gasteiger partial charge is 0.311 e. The lowest BCUT2D eigenvalue weighted by Gasteiger charge is -2.18. The van der Waals surface area contributed by atoms with Gasteiger partial charge in [-0.2, -0.15) is 5.10 Å². The standard InChI is InChI=1S/C14H17N3O/c1-9-6-5-7-12(8-9)17(4)14(18)13-10(2)15-16-11(13)3/h5-8H,1-4H3,(H,15,16). The molecule has 2 rings (SSSR count). The van der Waals surface area contributed by atoms with E-state index in [-0.39, 0.29) is 5.91 Å². The molecule has 0 unspecified atom stereocenters. The Morgan fingerprint density at radius 3 is 2.56 bits per heavy atom. The van der Waals surface area contributed by atoms with Crippen molar-refractivity contribution in [3.63, 3.8) is 0 Å². The highest BCUT2D eigenvalue weighted by Crippen LogP contribution is 2.19. The molecule has 2 aromatic rings. The van der Waals surface area contributed by atoms with E-state index in [2.05, 4.69) is 10.2 Å². The Kier molecular flexibility index (Phi) is 3.19. The van der Waals surface area contributed by atoms with Crippen molar-refractivity contribution in [2.24, 2.45) is 0 Å². The number of carbonyl (C=O) groups excluding carboxylic acids is 1.